The van der Waals surface area contributed by atoms with Crippen molar-refractivity contribution in [2.45, 2.75) is 6.42 Å². The van der Waals surface area contributed by atoms with Crippen molar-refractivity contribution >= 4 is 28.9 Å². The Kier molecular flexibility index (Phi) is 6.31. The number of anilines is 3. The molecule has 0 aliphatic carbocycles. The van der Waals surface area contributed by atoms with Gasteiger partial charge >= 0.3 is 6.03 Å². The number of carbonyl (C=O) groups is 2. The van der Waals surface area contributed by atoms with E-state index in [1.54, 1.807) is 47.4 Å². The molecular weight excluding hydrogens is 463 g/mol. The second-order valence-corrected chi connectivity index (χ2v) is 8.33. The summed E-state index contributed by atoms with van der Waals surface area (Å²) >= 11 is 0. The summed E-state index contributed by atoms with van der Waals surface area (Å²) in [4.78, 5) is 30.5. The molecule has 1 aliphatic heterocycles. The second-order valence-electron chi connectivity index (χ2n) is 8.33. The van der Waals surface area contributed by atoms with E-state index in [-0.39, 0.29) is 17.2 Å². The van der Waals surface area contributed by atoms with Gasteiger partial charge in [0.05, 0.1) is 35.5 Å². The number of nitrogens with zero attached hydrogens (tertiary/aromatic N) is 4. The lowest BCUT2D eigenvalue weighted by molar-refractivity contribution is -0.116. The van der Waals surface area contributed by atoms with E-state index in [4.69, 9.17) is 4.74 Å². The number of nitrogens with one attached hydrogen (secondary N) is 2. The number of amides is 2. The summed E-state index contributed by atoms with van der Waals surface area (Å²) in [5.41, 5.74) is 2.78. The Balaban J connectivity index is 1.25. The maximum atomic E-state index is 14.8. The van der Waals surface area contributed by atoms with Crippen LogP contribution in [-0.2, 0) is 11.8 Å². The summed E-state index contributed by atoms with van der Waals surface area (Å²) in [6.45, 7) is 0.897. The standard InChI is InChI=1S/C26H23FN6O3/c1-32-15-17(14-29-32)24-13-20(8-10-28-24)36-19-6-7-22(21(27)12-19)30-26(35)31-23-4-2-3-5-25(23)33-11-9-18(34)16-33/h2-8,10,12-15H,9,11,16H2,1H3,(H2,30,31,35). The van der Waals surface area contributed by atoms with E-state index >= 15 is 0 Å². The number of aromatic nitrogens is 3. The fourth-order valence-corrected chi connectivity index (χ4v) is 3.95. The van der Waals surface area contributed by atoms with Crippen molar-refractivity contribution in [3.05, 3.63) is 79.0 Å². The van der Waals surface area contributed by atoms with Gasteiger partial charge in [-0.25, -0.2) is 9.18 Å². The van der Waals surface area contributed by atoms with Gasteiger partial charge in [-0.1, -0.05) is 12.1 Å². The number of urea groups is 1. The number of para-hydroxylation sites is 2. The van der Waals surface area contributed by atoms with E-state index in [1.807, 2.05) is 30.3 Å². The van der Waals surface area contributed by atoms with E-state index in [2.05, 4.69) is 20.7 Å². The van der Waals surface area contributed by atoms with Gasteiger partial charge in [-0.2, -0.15) is 5.10 Å². The Hall–Kier alpha value is -4.73. The first-order valence-corrected chi connectivity index (χ1v) is 11.3. The zero-order valence-corrected chi connectivity index (χ0v) is 19.4. The molecule has 10 heteroatoms. The topological polar surface area (TPSA) is 101 Å². The van der Waals surface area contributed by atoms with Crippen LogP contribution >= 0.6 is 0 Å². The minimum Gasteiger partial charge on any atom is -0.457 e. The summed E-state index contributed by atoms with van der Waals surface area (Å²) in [5.74, 6) is 0.255. The lowest BCUT2D eigenvalue weighted by atomic mass is 10.2. The first-order valence-electron chi connectivity index (χ1n) is 11.3. The normalized spacial score (nSPS) is 13.1. The molecule has 2 aromatic heterocycles. The quantitative estimate of drug-likeness (QED) is 0.405. The van der Waals surface area contributed by atoms with Gasteiger partial charge in [0.15, 0.2) is 5.78 Å². The number of benzene rings is 2. The van der Waals surface area contributed by atoms with E-state index in [9.17, 15) is 14.0 Å². The summed E-state index contributed by atoms with van der Waals surface area (Å²) in [6, 6.07) is 14.2. The smallest absolute Gasteiger partial charge is 0.323 e. The molecule has 182 valence electrons. The predicted molar refractivity (Wildman–Crippen MR) is 134 cm³/mol. The number of ketones is 1. The van der Waals surface area contributed by atoms with Gasteiger partial charge in [-0.05, 0) is 30.3 Å². The second kappa shape index (κ2) is 9.87. The summed E-state index contributed by atoms with van der Waals surface area (Å²) < 4.78 is 22.2. The van der Waals surface area contributed by atoms with Crippen molar-refractivity contribution in [1.82, 2.24) is 14.8 Å². The largest absolute Gasteiger partial charge is 0.457 e. The number of rotatable bonds is 6. The van der Waals surface area contributed by atoms with Gasteiger partial charge < -0.3 is 20.3 Å². The third-order valence-corrected chi connectivity index (χ3v) is 5.68. The van der Waals surface area contributed by atoms with Crippen molar-refractivity contribution in [2.24, 2.45) is 7.05 Å². The van der Waals surface area contributed by atoms with Crippen LogP contribution in [0.5, 0.6) is 11.5 Å². The van der Waals surface area contributed by atoms with Crippen molar-refractivity contribution in [2.75, 3.05) is 28.6 Å². The summed E-state index contributed by atoms with van der Waals surface area (Å²) in [6.07, 6.45) is 5.61. The predicted octanol–water partition coefficient (Wildman–Crippen LogP) is 4.84. The molecule has 1 fully saturated rings. The van der Waals surface area contributed by atoms with Crippen LogP contribution in [0.15, 0.2) is 73.2 Å². The maximum Gasteiger partial charge on any atom is 0.323 e. The van der Waals surface area contributed by atoms with Crippen molar-refractivity contribution in [1.29, 1.82) is 0 Å². The van der Waals surface area contributed by atoms with Crippen molar-refractivity contribution in [3.63, 3.8) is 0 Å². The average Bonchev–Trinajstić information content (AvgIpc) is 3.49. The van der Waals surface area contributed by atoms with Gasteiger partial charge in [-0.3, -0.25) is 14.5 Å². The Morgan fingerprint density at radius 2 is 1.86 bits per heavy atom. The molecule has 2 amide bonds. The molecule has 2 aromatic carbocycles. The van der Waals surface area contributed by atoms with Gasteiger partial charge in [0.25, 0.3) is 0 Å². The highest BCUT2D eigenvalue weighted by Crippen LogP contribution is 2.30. The monoisotopic (exact) mass is 486 g/mol. The molecule has 9 nitrogen and oxygen atoms in total. The molecule has 0 unspecified atom stereocenters. The van der Waals surface area contributed by atoms with Gasteiger partial charge in [0.1, 0.15) is 17.3 Å². The first kappa shape index (κ1) is 23.0. The number of carbonyl (C=O) groups excluding carboxylic acids is 2. The number of ether oxygens (including phenoxy) is 1. The number of pyridine rings is 1. The SMILES string of the molecule is Cn1cc(-c2cc(Oc3ccc(NC(=O)Nc4ccccc4N4CCC(=O)C4)c(F)c3)ccn2)cn1. The number of halogens is 1. The lowest BCUT2D eigenvalue weighted by Gasteiger charge is -2.21. The van der Waals surface area contributed by atoms with E-state index in [0.717, 1.165) is 11.3 Å². The highest BCUT2D eigenvalue weighted by Gasteiger charge is 2.22. The molecule has 1 aliphatic rings. The summed E-state index contributed by atoms with van der Waals surface area (Å²) in [5, 5.41) is 9.40. The molecule has 0 saturated carbocycles. The van der Waals surface area contributed by atoms with Crippen LogP contribution in [0.1, 0.15) is 6.42 Å². The van der Waals surface area contributed by atoms with Gasteiger partial charge in [0, 0.05) is 50.1 Å². The van der Waals surface area contributed by atoms with Crippen LogP contribution in [-0.4, -0.2) is 39.7 Å². The molecule has 5 rings (SSSR count). The fourth-order valence-electron chi connectivity index (χ4n) is 3.95. The molecule has 2 N–H and O–H groups in total. The average molecular weight is 487 g/mol. The van der Waals surface area contributed by atoms with Crippen LogP contribution in [0.25, 0.3) is 11.3 Å². The molecule has 0 atom stereocenters. The highest BCUT2D eigenvalue weighted by molar-refractivity contribution is 6.02. The molecule has 0 radical (unpaired) electrons. The molecule has 36 heavy (non-hydrogen) atoms. The number of hydrogen-bond donors (Lipinski definition) is 2. The van der Waals surface area contributed by atoms with E-state index in [1.165, 1.54) is 12.1 Å². The Morgan fingerprint density at radius 1 is 1.06 bits per heavy atom. The number of aryl methyl sites for hydroxylation is 1. The zero-order chi connectivity index (χ0) is 25.1. The van der Waals surface area contributed by atoms with Crippen LogP contribution in [0.4, 0.5) is 26.2 Å². The number of hydrogen-bond acceptors (Lipinski definition) is 6. The third-order valence-electron chi connectivity index (χ3n) is 5.68. The maximum absolute atomic E-state index is 14.8. The van der Waals surface area contributed by atoms with Crippen molar-refractivity contribution in [3.8, 4) is 22.8 Å². The lowest BCUT2D eigenvalue weighted by Crippen LogP contribution is -2.24. The molecule has 4 aromatic rings. The van der Waals surface area contributed by atoms with Crippen molar-refractivity contribution < 1.29 is 18.7 Å². The van der Waals surface area contributed by atoms with Crippen LogP contribution in [0, 0.1) is 5.82 Å². The molecule has 1 saturated heterocycles. The molecular formula is C26H23FN6O3. The Bertz CT molecular complexity index is 1440. The number of Topliss-reactive ketones (excluding diaryl/α,β-unsaturated/α-hetero) is 1. The molecule has 3 heterocycles. The van der Waals surface area contributed by atoms with Gasteiger partial charge in [0.2, 0.25) is 0 Å². The molecule has 0 spiro atoms. The van der Waals surface area contributed by atoms with E-state index < -0.39 is 11.8 Å². The fraction of sp³-hybridized carbons (Fsp3) is 0.154. The minimum atomic E-state index is -0.650. The minimum absolute atomic E-state index is 0.000501. The van der Waals surface area contributed by atoms with Crippen LogP contribution < -0.4 is 20.3 Å². The van der Waals surface area contributed by atoms with Crippen LogP contribution in [0.2, 0.25) is 0 Å². The zero-order valence-electron chi connectivity index (χ0n) is 19.4. The van der Waals surface area contributed by atoms with Gasteiger partial charge in [-0.15, -0.1) is 0 Å². The molecule has 0 bridgehead atoms. The highest BCUT2D eigenvalue weighted by atomic mass is 19.1. The Labute approximate surface area is 206 Å². The Morgan fingerprint density at radius 3 is 2.61 bits per heavy atom. The first-order chi connectivity index (χ1) is 17.4. The third kappa shape index (κ3) is 5.17. The summed E-state index contributed by atoms with van der Waals surface area (Å²) in [7, 11) is 1.82. The van der Waals surface area contributed by atoms with E-state index in [0.29, 0.717) is 36.6 Å². The van der Waals surface area contributed by atoms with Crippen LogP contribution in [0.3, 0.4) is 0 Å².